The van der Waals surface area contributed by atoms with Gasteiger partial charge in [-0.3, -0.25) is 4.79 Å². The van der Waals surface area contributed by atoms with Gasteiger partial charge in [0, 0.05) is 32.2 Å². The Labute approximate surface area is 143 Å². The Morgan fingerprint density at radius 2 is 2.00 bits per heavy atom. The van der Waals surface area contributed by atoms with Crippen molar-refractivity contribution in [3.8, 4) is 0 Å². The molecule has 0 aromatic carbocycles. The lowest BCUT2D eigenvalue weighted by Gasteiger charge is -2.20. The van der Waals surface area contributed by atoms with Crippen molar-refractivity contribution in [3.05, 3.63) is 17.6 Å². The fourth-order valence-electron chi connectivity index (χ4n) is 3.21. The monoisotopic (exact) mass is 354 g/mol. The second kappa shape index (κ2) is 6.88. The summed E-state index contributed by atoms with van der Waals surface area (Å²) in [7, 11) is -3.56. The molecule has 1 aliphatic carbocycles. The van der Waals surface area contributed by atoms with Gasteiger partial charge in [0.2, 0.25) is 10.0 Å². The molecule has 0 bridgehead atoms. The van der Waals surface area contributed by atoms with E-state index in [0.29, 0.717) is 31.3 Å². The van der Waals surface area contributed by atoms with Gasteiger partial charge in [-0.05, 0) is 44.9 Å². The summed E-state index contributed by atoms with van der Waals surface area (Å²) in [6, 6.07) is 1.42. The van der Waals surface area contributed by atoms with Gasteiger partial charge in [0.05, 0.1) is 0 Å². The fraction of sp³-hybridized carbons (Fsp3) is 0.706. The van der Waals surface area contributed by atoms with Crippen LogP contribution in [0, 0.1) is 12.8 Å². The van der Waals surface area contributed by atoms with Gasteiger partial charge in [0.1, 0.15) is 10.7 Å². The summed E-state index contributed by atoms with van der Waals surface area (Å²) in [6.45, 7) is 6.14. The van der Waals surface area contributed by atoms with E-state index in [0.717, 1.165) is 25.8 Å². The van der Waals surface area contributed by atoms with Crippen molar-refractivity contribution in [1.29, 1.82) is 0 Å². The average Bonchev–Trinajstić information content (AvgIpc) is 3.03. The predicted octanol–water partition coefficient (Wildman–Crippen LogP) is 2.63. The maximum Gasteiger partial charge on any atom is 0.289 e. The van der Waals surface area contributed by atoms with Gasteiger partial charge in [-0.15, -0.1) is 0 Å². The normalized spacial score (nSPS) is 18.9. The third kappa shape index (κ3) is 3.52. The Hall–Kier alpha value is -1.34. The molecule has 0 radical (unpaired) electrons. The molecular formula is C17H26N2O4S. The first kappa shape index (κ1) is 17.5. The zero-order valence-electron chi connectivity index (χ0n) is 14.5. The van der Waals surface area contributed by atoms with E-state index in [1.165, 1.54) is 23.2 Å². The van der Waals surface area contributed by atoms with Gasteiger partial charge >= 0.3 is 0 Å². The van der Waals surface area contributed by atoms with Crippen LogP contribution in [0.2, 0.25) is 0 Å². The molecule has 1 saturated heterocycles. The van der Waals surface area contributed by atoms with E-state index in [1.54, 1.807) is 11.8 Å². The van der Waals surface area contributed by atoms with E-state index in [1.807, 2.05) is 6.92 Å². The highest BCUT2D eigenvalue weighted by Gasteiger charge is 2.33. The van der Waals surface area contributed by atoms with Gasteiger partial charge in [-0.2, -0.15) is 4.31 Å². The zero-order chi connectivity index (χ0) is 17.3. The molecule has 6 nitrogen and oxygen atoms in total. The Morgan fingerprint density at radius 3 is 2.58 bits per heavy atom. The number of aryl methyl sites for hydroxylation is 1. The van der Waals surface area contributed by atoms with Crippen LogP contribution in [0.4, 0.5) is 0 Å². The van der Waals surface area contributed by atoms with Crippen molar-refractivity contribution in [1.82, 2.24) is 9.21 Å². The number of carbonyl (C=O) groups excluding carboxylic acids is 1. The molecule has 1 amide bonds. The van der Waals surface area contributed by atoms with Gasteiger partial charge in [-0.25, -0.2) is 8.42 Å². The minimum Gasteiger partial charge on any atom is -0.455 e. The van der Waals surface area contributed by atoms with E-state index < -0.39 is 10.0 Å². The van der Waals surface area contributed by atoms with E-state index >= 15 is 0 Å². The minimum absolute atomic E-state index is 0.135. The zero-order valence-corrected chi connectivity index (χ0v) is 15.3. The average molecular weight is 354 g/mol. The maximum absolute atomic E-state index is 12.7. The van der Waals surface area contributed by atoms with Crippen LogP contribution in [0.15, 0.2) is 15.4 Å². The summed E-state index contributed by atoms with van der Waals surface area (Å²) >= 11 is 0. The number of hydrogen-bond acceptors (Lipinski definition) is 4. The molecule has 24 heavy (non-hydrogen) atoms. The standard InChI is InChI=1S/C17H26N2O4S/c1-3-8-18(12-14-6-7-14)17(20)15-11-16(13(2)23-15)24(21,22)19-9-4-5-10-19/h11,14H,3-10,12H2,1-2H3. The molecule has 1 aromatic rings. The second-order valence-corrected chi connectivity index (χ2v) is 8.74. The number of hydrogen-bond donors (Lipinski definition) is 0. The molecular weight excluding hydrogens is 328 g/mol. The molecule has 0 unspecified atom stereocenters. The molecule has 2 fully saturated rings. The third-order valence-corrected chi connectivity index (χ3v) is 6.73. The highest BCUT2D eigenvalue weighted by Crippen LogP contribution is 2.31. The molecule has 0 N–H and O–H groups in total. The number of nitrogens with zero attached hydrogens (tertiary/aromatic N) is 2. The number of furan rings is 1. The number of rotatable bonds is 7. The molecule has 0 atom stereocenters. The minimum atomic E-state index is -3.56. The van der Waals surface area contributed by atoms with Crippen LogP contribution in [0.5, 0.6) is 0 Å². The Balaban J connectivity index is 1.82. The molecule has 0 spiro atoms. The highest BCUT2D eigenvalue weighted by molar-refractivity contribution is 7.89. The summed E-state index contributed by atoms with van der Waals surface area (Å²) < 4.78 is 32.5. The van der Waals surface area contributed by atoms with Crippen molar-refractivity contribution >= 4 is 15.9 Å². The second-order valence-electron chi connectivity index (χ2n) is 6.84. The van der Waals surface area contributed by atoms with Gasteiger partial charge < -0.3 is 9.32 Å². The fourth-order valence-corrected chi connectivity index (χ4v) is 4.89. The number of amides is 1. The quantitative estimate of drug-likeness (QED) is 0.755. The maximum atomic E-state index is 12.7. The third-order valence-electron chi connectivity index (χ3n) is 4.72. The largest absolute Gasteiger partial charge is 0.455 e. The van der Waals surface area contributed by atoms with E-state index in [-0.39, 0.29) is 16.6 Å². The molecule has 1 saturated carbocycles. The molecule has 1 aromatic heterocycles. The van der Waals surface area contributed by atoms with Crippen molar-refractivity contribution in [2.45, 2.75) is 50.8 Å². The summed E-state index contributed by atoms with van der Waals surface area (Å²) in [4.78, 5) is 14.7. The lowest BCUT2D eigenvalue weighted by atomic mass is 10.3. The molecule has 3 rings (SSSR count). The van der Waals surface area contributed by atoms with E-state index in [4.69, 9.17) is 4.42 Å². The van der Waals surface area contributed by atoms with Gasteiger partial charge in [0.25, 0.3) is 5.91 Å². The first-order valence-electron chi connectivity index (χ1n) is 8.83. The van der Waals surface area contributed by atoms with Gasteiger partial charge in [-0.1, -0.05) is 6.92 Å². The van der Waals surface area contributed by atoms with Crippen LogP contribution in [0.1, 0.15) is 55.3 Å². The summed E-state index contributed by atoms with van der Waals surface area (Å²) in [5, 5.41) is 0. The lowest BCUT2D eigenvalue weighted by molar-refractivity contribution is 0.0714. The Kier molecular flexibility index (Phi) is 5.01. The predicted molar refractivity (Wildman–Crippen MR) is 90.4 cm³/mol. The summed E-state index contributed by atoms with van der Waals surface area (Å²) in [5.41, 5.74) is 0. The Morgan fingerprint density at radius 1 is 1.33 bits per heavy atom. The molecule has 2 aliphatic rings. The van der Waals surface area contributed by atoms with Crippen LogP contribution < -0.4 is 0 Å². The van der Waals surface area contributed by atoms with Gasteiger partial charge in [0.15, 0.2) is 5.76 Å². The van der Waals surface area contributed by atoms with Crippen molar-refractivity contribution in [2.24, 2.45) is 5.92 Å². The molecule has 1 aliphatic heterocycles. The van der Waals surface area contributed by atoms with Crippen LogP contribution in [-0.2, 0) is 10.0 Å². The van der Waals surface area contributed by atoms with Crippen LogP contribution >= 0.6 is 0 Å². The smallest absolute Gasteiger partial charge is 0.289 e. The molecule has 134 valence electrons. The summed E-state index contributed by atoms with van der Waals surface area (Å²) in [6.07, 6.45) is 4.97. The van der Waals surface area contributed by atoms with Crippen molar-refractivity contribution in [3.63, 3.8) is 0 Å². The topological polar surface area (TPSA) is 70.8 Å². The number of carbonyl (C=O) groups is 1. The highest BCUT2D eigenvalue weighted by atomic mass is 32.2. The molecule has 2 heterocycles. The van der Waals surface area contributed by atoms with Crippen LogP contribution in [-0.4, -0.2) is 49.7 Å². The summed E-state index contributed by atoms with van der Waals surface area (Å²) in [5.74, 6) is 0.826. The van der Waals surface area contributed by atoms with Crippen LogP contribution in [0.3, 0.4) is 0 Å². The van der Waals surface area contributed by atoms with E-state index in [2.05, 4.69) is 0 Å². The SMILES string of the molecule is CCCN(CC1CC1)C(=O)c1cc(S(=O)(=O)N2CCCC2)c(C)o1. The number of sulfonamides is 1. The van der Waals surface area contributed by atoms with Crippen LogP contribution in [0.25, 0.3) is 0 Å². The first-order valence-corrected chi connectivity index (χ1v) is 10.3. The Bertz CT molecular complexity index is 700. The molecule has 7 heteroatoms. The first-order chi connectivity index (χ1) is 11.4. The lowest BCUT2D eigenvalue weighted by Crippen LogP contribution is -2.33. The van der Waals surface area contributed by atoms with Crippen molar-refractivity contribution in [2.75, 3.05) is 26.2 Å². The van der Waals surface area contributed by atoms with Crippen molar-refractivity contribution < 1.29 is 17.6 Å². The van der Waals surface area contributed by atoms with E-state index in [9.17, 15) is 13.2 Å².